The number of likely N-dealkylation sites (tertiary alicyclic amines) is 1. The zero-order valence-corrected chi connectivity index (χ0v) is 14.8. The van der Waals surface area contributed by atoms with Crippen molar-refractivity contribution in [2.75, 3.05) is 26.7 Å². The van der Waals surface area contributed by atoms with Crippen LogP contribution in [0.1, 0.15) is 41.7 Å². The summed E-state index contributed by atoms with van der Waals surface area (Å²) in [6.07, 6.45) is 9.96. The third-order valence-electron chi connectivity index (χ3n) is 5.03. The molecule has 0 saturated carbocycles. The van der Waals surface area contributed by atoms with Crippen LogP contribution in [0.4, 0.5) is 0 Å². The van der Waals surface area contributed by atoms with E-state index in [9.17, 15) is 4.79 Å². The summed E-state index contributed by atoms with van der Waals surface area (Å²) in [6.45, 7) is 5.11. The van der Waals surface area contributed by atoms with Crippen LogP contribution in [0, 0.1) is 5.92 Å². The highest BCUT2D eigenvalue weighted by Gasteiger charge is 2.34. The van der Waals surface area contributed by atoms with E-state index in [1.807, 2.05) is 35.9 Å². The van der Waals surface area contributed by atoms with Crippen LogP contribution >= 0.6 is 0 Å². The van der Waals surface area contributed by atoms with Crippen LogP contribution in [-0.4, -0.2) is 57.2 Å². The first-order chi connectivity index (χ1) is 11.6. The highest BCUT2D eigenvalue weighted by molar-refractivity contribution is 5.93. The molecule has 24 heavy (non-hydrogen) atoms. The van der Waals surface area contributed by atoms with E-state index in [2.05, 4.69) is 28.1 Å². The summed E-state index contributed by atoms with van der Waals surface area (Å²) < 4.78 is 1.86. The second-order valence-electron chi connectivity index (χ2n) is 6.71. The molecule has 1 saturated heterocycles. The molecule has 0 spiro atoms. The number of H-pyrrole nitrogens is 1. The summed E-state index contributed by atoms with van der Waals surface area (Å²) in [5, 5.41) is 4.36. The molecule has 6 nitrogen and oxygen atoms in total. The minimum atomic E-state index is 0.0785. The highest BCUT2D eigenvalue weighted by Crippen LogP contribution is 2.36. The number of aromatic amines is 1. The normalized spacial score (nSPS) is 21.8. The molecule has 2 atom stereocenters. The van der Waals surface area contributed by atoms with Gasteiger partial charge in [-0.05, 0) is 37.9 Å². The Kier molecular flexibility index (Phi) is 5.04. The SMILES string of the molecule is CCN1CCC[C@@H](CN(C)C(=O)c2cc[nH]c2)[C@@H]1c1cnn(C)c1. The Bertz CT molecular complexity index is 663. The largest absolute Gasteiger partial charge is 0.367 e. The van der Waals surface area contributed by atoms with E-state index < -0.39 is 0 Å². The Morgan fingerprint density at radius 2 is 2.33 bits per heavy atom. The summed E-state index contributed by atoms with van der Waals surface area (Å²) in [5.41, 5.74) is 1.98. The number of nitrogens with zero attached hydrogens (tertiary/aromatic N) is 4. The summed E-state index contributed by atoms with van der Waals surface area (Å²) in [4.78, 5) is 19.9. The molecule has 6 heteroatoms. The topological polar surface area (TPSA) is 57.2 Å². The van der Waals surface area contributed by atoms with Crippen LogP contribution in [-0.2, 0) is 7.05 Å². The van der Waals surface area contributed by atoms with Gasteiger partial charge in [-0.15, -0.1) is 0 Å². The van der Waals surface area contributed by atoms with Gasteiger partial charge in [-0.1, -0.05) is 6.92 Å². The van der Waals surface area contributed by atoms with Crippen molar-refractivity contribution in [3.05, 3.63) is 42.0 Å². The third kappa shape index (κ3) is 3.38. The lowest BCUT2D eigenvalue weighted by atomic mass is 9.85. The molecule has 2 aromatic heterocycles. The molecule has 1 fully saturated rings. The van der Waals surface area contributed by atoms with Gasteiger partial charge in [0.2, 0.25) is 0 Å². The van der Waals surface area contributed by atoms with Gasteiger partial charge < -0.3 is 9.88 Å². The van der Waals surface area contributed by atoms with Gasteiger partial charge in [-0.25, -0.2) is 0 Å². The molecule has 2 aromatic rings. The summed E-state index contributed by atoms with van der Waals surface area (Å²) in [5.74, 6) is 0.505. The molecule has 1 amide bonds. The van der Waals surface area contributed by atoms with Gasteiger partial charge in [0.05, 0.1) is 11.8 Å². The predicted octanol–water partition coefficient (Wildman–Crippen LogP) is 2.29. The molecule has 0 aromatic carbocycles. The van der Waals surface area contributed by atoms with Crippen molar-refractivity contribution in [2.45, 2.75) is 25.8 Å². The fourth-order valence-corrected chi connectivity index (χ4v) is 3.89. The number of amides is 1. The predicted molar refractivity (Wildman–Crippen MR) is 93.7 cm³/mol. The molecule has 1 aliphatic rings. The fourth-order valence-electron chi connectivity index (χ4n) is 3.89. The Hall–Kier alpha value is -2.08. The quantitative estimate of drug-likeness (QED) is 0.916. The van der Waals surface area contributed by atoms with Crippen LogP contribution in [0.2, 0.25) is 0 Å². The number of aromatic nitrogens is 3. The monoisotopic (exact) mass is 329 g/mol. The van der Waals surface area contributed by atoms with E-state index in [-0.39, 0.29) is 5.91 Å². The molecule has 0 unspecified atom stereocenters. The van der Waals surface area contributed by atoms with Gasteiger partial charge >= 0.3 is 0 Å². The minimum Gasteiger partial charge on any atom is -0.367 e. The third-order valence-corrected chi connectivity index (χ3v) is 5.03. The van der Waals surface area contributed by atoms with Gasteiger partial charge in [0.15, 0.2) is 0 Å². The van der Waals surface area contributed by atoms with Gasteiger partial charge in [0, 0.05) is 50.8 Å². The maximum Gasteiger partial charge on any atom is 0.255 e. The Labute approximate surface area is 143 Å². The lowest BCUT2D eigenvalue weighted by molar-refractivity contribution is 0.0589. The maximum absolute atomic E-state index is 12.6. The van der Waals surface area contributed by atoms with E-state index in [1.54, 1.807) is 12.4 Å². The molecule has 3 heterocycles. The summed E-state index contributed by atoms with van der Waals surface area (Å²) in [7, 11) is 3.86. The van der Waals surface area contributed by atoms with E-state index in [0.717, 1.165) is 31.6 Å². The van der Waals surface area contributed by atoms with Crippen molar-refractivity contribution in [2.24, 2.45) is 13.0 Å². The standard InChI is InChI=1S/C18H27N5O/c1-4-23-9-5-6-15(17(23)16-11-20-22(3)13-16)12-21(2)18(24)14-7-8-19-10-14/h7-8,10-11,13,15,17,19H,4-6,9,12H2,1-3H3/t15-,17+/m0/s1. The minimum absolute atomic E-state index is 0.0785. The van der Waals surface area contributed by atoms with Gasteiger partial charge in [-0.2, -0.15) is 5.10 Å². The fraction of sp³-hybridized carbons (Fsp3) is 0.556. The number of rotatable bonds is 5. The number of hydrogen-bond donors (Lipinski definition) is 1. The van der Waals surface area contributed by atoms with Gasteiger partial charge in [-0.3, -0.25) is 14.4 Å². The van der Waals surface area contributed by atoms with E-state index in [0.29, 0.717) is 12.0 Å². The molecule has 0 aliphatic carbocycles. The van der Waals surface area contributed by atoms with Crippen molar-refractivity contribution in [1.82, 2.24) is 24.6 Å². The van der Waals surface area contributed by atoms with Crippen molar-refractivity contribution in [3.63, 3.8) is 0 Å². The average Bonchev–Trinajstić information content (AvgIpc) is 3.25. The Morgan fingerprint density at radius 3 is 2.96 bits per heavy atom. The van der Waals surface area contributed by atoms with Crippen LogP contribution in [0.5, 0.6) is 0 Å². The average molecular weight is 329 g/mol. The summed E-state index contributed by atoms with van der Waals surface area (Å²) in [6, 6.07) is 2.16. The lowest BCUT2D eigenvalue weighted by Crippen LogP contribution is -2.43. The second-order valence-corrected chi connectivity index (χ2v) is 6.71. The molecule has 130 valence electrons. The second kappa shape index (κ2) is 7.21. The molecule has 3 rings (SSSR count). The van der Waals surface area contributed by atoms with Crippen LogP contribution < -0.4 is 0 Å². The first-order valence-electron chi connectivity index (χ1n) is 8.71. The van der Waals surface area contributed by atoms with E-state index in [1.165, 1.54) is 12.0 Å². The molecular formula is C18H27N5O. The number of nitrogens with one attached hydrogen (secondary N) is 1. The molecule has 1 N–H and O–H groups in total. The van der Waals surface area contributed by atoms with E-state index in [4.69, 9.17) is 0 Å². The van der Waals surface area contributed by atoms with Crippen molar-refractivity contribution in [3.8, 4) is 0 Å². The number of hydrogen-bond acceptors (Lipinski definition) is 3. The van der Waals surface area contributed by atoms with Crippen molar-refractivity contribution >= 4 is 5.91 Å². The molecule has 0 bridgehead atoms. The van der Waals surface area contributed by atoms with Crippen LogP contribution in [0.15, 0.2) is 30.9 Å². The number of carbonyl (C=O) groups is 1. The molecule has 1 aliphatic heterocycles. The molecular weight excluding hydrogens is 302 g/mol. The number of aryl methyl sites for hydroxylation is 1. The number of carbonyl (C=O) groups excluding carboxylic acids is 1. The van der Waals surface area contributed by atoms with Crippen molar-refractivity contribution < 1.29 is 4.79 Å². The zero-order valence-electron chi connectivity index (χ0n) is 14.8. The lowest BCUT2D eigenvalue weighted by Gasteiger charge is -2.42. The summed E-state index contributed by atoms with van der Waals surface area (Å²) >= 11 is 0. The van der Waals surface area contributed by atoms with Gasteiger partial charge in [0.25, 0.3) is 5.91 Å². The van der Waals surface area contributed by atoms with Crippen LogP contribution in [0.25, 0.3) is 0 Å². The van der Waals surface area contributed by atoms with Crippen LogP contribution in [0.3, 0.4) is 0 Å². The van der Waals surface area contributed by atoms with E-state index >= 15 is 0 Å². The zero-order chi connectivity index (χ0) is 17.1. The first kappa shape index (κ1) is 16.8. The van der Waals surface area contributed by atoms with Gasteiger partial charge in [0.1, 0.15) is 0 Å². The molecule has 0 radical (unpaired) electrons. The number of piperidine rings is 1. The first-order valence-corrected chi connectivity index (χ1v) is 8.71. The smallest absolute Gasteiger partial charge is 0.255 e. The Balaban J connectivity index is 1.77. The van der Waals surface area contributed by atoms with Crippen molar-refractivity contribution in [1.29, 1.82) is 0 Å². The maximum atomic E-state index is 12.6. The highest BCUT2D eigenvalue weighted by atomic mass is 16.2. The Morgan fingerprint density at radius 1 is 1.50 bits per heavy atom.